The third kappa shape index (κ3) is 1.93. The molecule has 1 aliphatic heterocycles. The van der Waals surface area contributed by atoms with E-state index in [2.05, 4.69) is 6.58 Å². The largest absolute Gasteiger partial charge is 0.273 e. The van der Waals surface area contributed by atoms with Gasteiger partial charge in [0.15, 0.2) is 0 Å². The molecule has 0 aliphatic carbocycles. The van der Waals surface area contributed by atoms with Gasteiger partial charge in [-0.1, -0.05) is 18.7 Å². The summed E-state index contributed by atoms with van der Waals surface area (Å²) in [6, 6.07) is 6.41. The first-order chi connectivity index (χ1) is 6.75. The van der Waals surface area contributed by atoms with Gasteiger partial charge in [-0.3, -0.25) is 9.90 Å². The van der Waals surface area contributed by atoms with Gasteiger partial charge in [0.2, 0.25) is 0 Å². The van der Waals surface area contributed by atoms with E-state index >= 15 is 0 Å². The van der Waals surface area contributed by atoms with E-state index in [1.807, 2.05) is 0 Å². The zero-order valence-electron chi connectivity index (χ0n) is 7.87. The third-order valence-corrected chi connectivity index (χ3v) is 2.23. The predicted molar refractivity (Wildman–Crippen MR) is 51.7 cm³/mol. The van der Waals surface area contributed by atoms with Crippen LogP contribution in [0.5, 0.6) is 0 Å². The number of rotatable bonds is 2. The van der Waals surface area contributed by atoms with Crippen LogP contribution in [0.4, 0.5) is 4.39 Å². The molecule has 2 nitrogen and oxygen atoms in total. The second kappa shape index (κ2) is 3.80. The number of benzene rings is 1. The van der Waals surface area contributed by atoms with Gasteiger partial charge in [-0.2, -0.15) is 0 Å². The second-order valence-corrected chi connectivity index (χ2v) is 3.31. The SMILES string of the molecule is C=C1CCON1Cc1ccc(F)cc1. The standard InChI is InChI=1S/C11H12FNO/c1-9-6-7-14-13(9)8-10-2-4-11(12)5-3-10/h2-5H,1,6-8H2. The fourth-order valence-corrected chi connectivity index (χ4v) is 1.40. The fourth-order valence-electron chi connectivity index (χ4n) is 1.40. The predicted octanol–water partition coefficient (Wildman–Crippen LogP) is 2.48. The maximum atomic E-state index is 12.6. The summed E-state index contributed by atoms with van der Waals surface area (Å²) in [5.41, 5.74) is 2.00. The molecule has 74 valence electrons. The molecule has 0 saturated carbocycles. The van der Waals surface area contributed by atoms with Gasteiger partial charge in [0, 0.05) is 12.1 Å². The third-order valence-electron chi connectivity index (χ3n) is 2.23. The first-order valence-corrected chi connectivity index (χ1v) is 4.58. The summed E-state index contributed by atoms with van der Waals surface area (Å²) >= 11 is 0. The van der Waals surface area contributed by atoms with E-state index in [1.165, 1.54) is 12.1 Å². The van der Waals surface area contributed by atoms with Crippen LogP contribution in [-0.4, -0.2) is 11.7 Å². The molecule has 1 aliphatic rings. The summed E-state index contributed by atoms with van der Waals surface area (Å²) in [7, 11) is 0. The van der Waals surface area contributed by atoms with E-state index in [1.54, 1.807) is 17.2 Å². The van der Waals surface area contributed by atoms with Gasteiger partial charge in [0.05, 0.1) is 13.2 Å². The van der Waals surface area contributed by atoms with Crippen molar-refractivity contribution in [1.29, 1.82) is 0 Å². The fraction of sp³-hybridized carbons (Fsp3) is 0.273. The zero-order valence-corrected chi connectivity index (χ0v) is 7.87. The average molecular weight is 193 g/mol. The summed E-state index contributed by atoms with van der Waals surface area (Å²) in [5.74, 6) is -0.213. The summed E-state index contributed by atoms with van der Waals surface area (Å²) in [6.07, 6.45) is 0.876. The highest BCUT2D eigenvalue weighted by atomic mass is 19.1. The molecule has 3 heteroatoms. The minimum absolute atomic E-state index is 0.213. The van der Waals surface area contributed by atoms with Gasteiger partial charge in [-0.25, -0.2) is 4.39 Å². The van der Waals surface area contributed by atoms with Crippen molar-refractivity contribution in [3.8, 4) is 0 Å². The van der Waals surface area contributed by atoms with Crippen molar-refractivity contribution in [3.05, 3.63) is 47.9 Å². The van der Waals surface area contributed by atoms with Crippen molar-refractivity contribution in [3.63, 3.8) is 0 Å². The van der Waals surface area contributed by atoms with Crippen molar-refractivity contribution >= 4 is 0 Å². The van der Waals surface area contributed by atoms with Crippen LogP contribution in [0.15, 0.2) is 36.5 Å². The zero-order chi connectivity index (χ0) is 9.97. The molecule has 0 spiro atoms. The van der Waals surface area contributed by atoms with Crippen LogP contribution in [0, 0.1) is 5.82 Å². The molecular formula is C11H12FNO. The lowest BCUT2D eigenvalue weighted by atomic mass is 10.2. The monoisotopic (exact) mass is 193 g/mol. The van der Waals surface area contributed by atoms with Crippen LogP contribution in [-0.2, 0) is 11.4 Å². The molecule has 1 aromatic carbocycles. The Kier molecular flexibility index (Phi) is 2.50. The maximum absolute atomic E-state index is 12.6. The Morgan fingerprint density at radius 1 is 1.36 bits per heavy atom. The van der Waals surface area contributed by atoms with Gasteiger partial charge in [-0.05, 0) is 17.7 Å². The van der Waals surface area contributed by atoms with Gasteiger partial charge in [0.1, 0.15) is 5.82 Å². The molecule has 0 aromatic heterocycles. The van der Waals surface area contributed by atoms with E-state index in [-0.39, 0.29) is 5.82 Å². The van der Waals surface area contributed by atoms with E-state index in [4.69, 9.17) is 4.84 Å². The smallest absolute Gasteiger partial charge is 0.123 e. The lowest BCUT2D eigenvalue weighted by Gasteiger charge is -2.17. The van der Waals surface area contributed by atoms with Gasteiger partial charge in [-0.15, -0.1) is 0 Å². The summed E-state index contributed by atoms with van der Waals surface area (Å²) in [6.45, 7) is 5.21. The van der Waals surface area contributed by atoms with Crippen LogP contribution in [0.3, 0.4) is 0 Å². The van der Waals surface area contributed by atoms with E-state index < -0.39 is 0 Å². The van der Waals surface area contributed by atoms with Crippen molar-refractivity contribution in [2.45, 2.75) is 13.0 Å². The molecule has 1 heterocycles. The topological polar surface area (TPSA) is 12.5 Å². The Hall–Kier alpha value is -1.35. The summed E-state index contributed by atoms with van der Waals surface area (Å²) < 4.78 is 12.6. The lowest BCUT2D eigenvalue weighted by molar-refractivity contribution is -0.0980. The minimum atomic E-state index is -0.213. The Labute approximate surface area is 82.6 Å². The second-order valence-electron chi connectivity index (χ2n) is 3.31. The Morgan fingerprint density at radius 2 is 2.07 bits per heavy atom. The molecule has 0 bridgehead atoms. The minimum Gasteiger partial charge on any atom is -0.273 e. The van der Waals surface area contributed by atoms with Gasteiger partial charge < -0.3 is 0 Å². The van der Waals surface area contributed by atoms with Crippen molar-refractivity contribution in [2.75, 3.05) is 6.61 Å². The quantitative estimate of drug-likeness (QED) is 0.715. The molecule has 0 atom stereocenters. The van der Waals surface area contributed by atoms with Gasteiger partial charge >= 0.3 is 0 Å². The molecule has 0 N–H and O–H groups in total. The van der Waals surface area contributed by atoms with Crippen molar-refractivity contribution < 1.29 is 9.23 Å². The first-order valence-electron chi connectivity index (χ1n) is 4.58. The van der Waals surface area contributed by atoms with Gasteiger partial charge in [0.25, 0.3) is 0 Å². The van der Waals surface area contributed by atoms with Crippen LogP contribution in [0.1, 0.15) is 12.0 Å². The molecule has 14 heavy (non-hydrogen) atoms. The van der Waals surface area contributed by atoms with E-state index in [0.717, 1.165) is 17.7 Å². The Bertz CT molecular complexity index is 334. The summed E-state index contributed by atoms with van der Waals surface area (Å²) in [5, 5.41) is 1.76. The molecule has 0 unspecified atom stereocenters. The number of nitrogens with zero attached hydrogens (tertiary/aromatic N) is 1. The maximum Gasteiger partial charge on any atom is 0.123 e. The first kappa shape index (κ1) is 9.21. The highest BCUT2D eigenvalue weighted by Crippen LogP contribution is 2.19. The van der Waals surface area contributed by atoms with Crippen LogP contribution in [0.25, 0.3) is 0 Å². The molecule has 0 radical (unpaired) electrons. The molecule has 0 amide bonds. The molecule has 1 fully saturated rings. The average Bonchev–Trinajstić information content (AvgIpc) is 2.56. The van der Waals surface area contributed by atoms with Crippen LogP contribution in [0.2, 0.25) is 0 Å². The Balaban J connectivity index is 2.03. The number of hydrogen-bond donors (Lipinski definition) is 0. The highest BCUT2D eigenvalue weighted by molar-refractivity contribution is 5.16. The van der Waals surface area contributed by atoms with E-state index in [0.29, 0.717) is 13.2 Å². The molecular weight excluding hydrogens is 181 g/mol. The number of hydroxylamine groups is 2. The molecule has 1 aromatic rings. The lowest BCUT2D eigenvalue weighted by Crippen LogP contribution is -2.14. The molecule has 1 saturated heterocycles. The number of hydrogen-bond acceptors (Lipinski definition) is 2. The normalized spacial score (nSPS) is 16.4. The summed E-state index contributed by atoms with van der Waals surface area (Å²) in [4.78, 5) is 5.34. The number of halogens is 1. The van der Waals surface area contributed by atoms with E-state index in [9.17, 15) is 4.39 Å². The van der Waals surface area contributed by atoms with Crippen molar-refractivity contribution in [1.82, 2.24) is 5.06 Å². The van der Waals surface area contributed by atoms with Crippen LogP contribution < -0.4 is 0 Å². The molecule has 2 rings (SSSR count). The Morgan fingerprint density at radius 3 is 2.64 bits per heavy atom. The van der Waals surface area contributed by atoms with Crippen molar-refractivity contribution in [2.24, 2.45) is 0 Å². The van der Waals surface area contributed by atoms with Crippen LogP contribution >= 0.6 is 0 Å². The highest BCUT2D eigenvalue weighted by Gasteiger charge is 2.15.